The fourth-order valence-corrected chi connectivity index (χ4v) is 2.44. The molecule has 20 heavy (non-hydrogen) atoms. The zero-order valence-corrected chi connectivity index (χ0v) is 13.4. The van der Waals surface area contributed by atoms with E-state index in [1.54, 1.807) is 24.3 Å². The summed E-state index contributed by atoms with van der Waals surface area (Å²) in [4.78, 5) is 0. The lowest BCUT2D eigenvalue weighted by atomic mass is 10.2. The van der Waals surface area contributed by atoms with Gasteiger partial charge in [-0.3, -0.25) is 0 Å². The molecule has 0 saturated heterocycles. The Hall–Kier alpha value is -1.00. The SMILES string of the molecule is S=C(NCc1ccc(Cl)cc1Cl)Nc1cccc(Cl)c1. The first-order valence-corrected chi connectivity index (χ1v) is 7.33. The maximum absolute atomic E-state index is 6.09. The van der Waals surface area contributed by atoms with Crippen LogP contribution in [0.25, 0.3) is 0 Å². The van der Waals surface area contributed by atoms with E-state index < -0.39 is 0 Å². The smallest absolute Gasteiger partial charge is 0.171 e. The maximum atomic E-state index is 6.09. The van der Waals surface area contributed by atoms with Crippen molar-refractivity contribution in [3.8, 4) is 0 Å². The van der Waals surface area contributed by atoms with Crippen LogP contribution in [0, 0.1) is 0 Å². The summed E-state index contributed by atoms with van der Waals surface area (Å²) in [5.41, 5.74) is 1.75. The molecule has 0 fully saturated rings. The quantitative estimate of drug-likeness (QED) is 0.754. The standard InChI is InChI=1S/C14H11Cl3N2S/c15-10-2-1-3-12(6-10)19-14(20)18-8-9-4-5-11(16)7-13(9)17/h1-7H,8H2,(H2,18,19,20). The summed E-state index contributed by atoms with van der Waals surface area (Å²) in [5.74, 6) is 0. The Bertz CT molecular complexity index is 632. The van der Waals surface area contributed by atoms with Gasteiger partial charge in [0, 0.05) is 27.3 Å². The Morgan fingerprint density at radius 2 is 1.75 bits per heavy atom. The third-order valence-electron chi connectivity index (χ3n) is 2.54. The van der Waals surface area contributed by atoms with Crippen molar-refractivity contribution in [1.29, 1.82) is 0 Å². The minimum absolute atomic E-state index is 0.498. The average molecular weight is 346 g/mol. The number of nitrogens with one attached hydrogen (secondary N) is 2. The van der Waals surface area contributed by atoms with E-state index in [2.05, 4.69) is 10.6 Å². The van der Waals surface area contributed by atoms with Crippen molar-refractivity contribution in [3.05, 3.63) is 63.1 Å². The van der Waals surface area contributed by atoms with Crippen LogP contribution in [0.5, 0.6) is 0 Å². The van der Waals surface area contributed by atoms with Crippen molar-refractivity contribution in [2.75, 3.05) is 5.32 Å². The molecule has 0 radical (unpaired) electrons. The molecule has 104 valence electrons. The van der Waals surface area contributed by atoms with Gasteiger partial charge in [0.1, 0.15) is 0 Å². The van der Waals surface area contributed by atoms with Crippen molar-refractivity contribution in [1.82, 2.24) is 5.32 Å². The molecule has 0 unspecified atom stereocenters. The van der Waals surface area contributed by atoms with Gasteiger partial charge in [0.25, 0.3) is 0 Å². The van der Waals surface area contributed by atoms with E-state index >= 15 is 0 Å². The molecule has 0 heterocycles. The van der Waals surface area contributed by atoms with Crippen LogP contribution in [0.1, 0.15) is 5.56 Å². The topological polar surface area (TPSA) is 24.1 Å². The maximum Gasteiger partial charge on any atom is 0.171 e. The largest absolute Gasteiger partial charge is 0.358 e. The fourth-order valence-electron chi connectivity index (χ4n) is 1.58. The molecule has 2 nitrogen and oxygen atoms in total. The predicted octanol–water partition coefficient (Wildman–Crippen LogP) is 5.13. The van der Waals surface area contributed by atoms with Crippen molar-refractivity contribution in [2.45, 2.75) is 6.54 Å². The lowest BCUT2D eigenvalue weighted by Gasteiger charge is -2.11. The summed E-state index contributed by atoms with van der Waals surface area (Å²) in [5, 5.41) is 8.49. The van der Waals surface area contributed by atoms with Gasteiger partial charge < -0.3 is 10.6 Å². The van der Waals surface area contributed by atoms with E-state index in [9.17, 15) is 0 Å². The molecule has 6 heteroatoms. The van der Waals surface area contributed by atoms with Crippen LogP contribution >= 0.6 is 47.0 Å². The number of halogens is 3. The van der Waals surface area contributed by atoms with E-state index in [-0.39, 0.29) is 0 Å². The van der Waals surface area contributed by atoms with Gasteiger partial charge in [-0.25, -0.2) is 0 Å². The molecule has 0 aliphatic carbocycles. The Morgan fingerprint density at radius 1 is 1.00 bits per heavy atom. The third kappa shape index (κ3) is 4.53. The molecule has 2 rings (SSSR count). The molecule has 0 aliphatic heterocycles. The second-order valence-corrected chi connectivity index (χ2v) is 5.74. The molecule has 2 N–H and O–H groups in total. The van der Waals surface area contributed by atoms with Crippen LogP contribution in [0.2, 0.25) is 15.1 Å². The first-order valence-electron chi connectivity index (χ1n) is 5.79. The van der Waals surface area contributed by atoms with E-state index in [4.69, 9.17) is 47.0 Å². The summed E-state index contributed by atoms with van der Waals surface area (Å²) in [6.07, 6.45) is 0. The van der Waals surface area contributed by atoms with Crippen LogP contribution < -0.4 is 10.6 Å². The average Bonchev–Trinajstić information content (AvgIpc) is 2.37. The molecule has 2 aromatic rings. The minimum Gasteiger partial charge on any atom is -0.358 e. The monoisotopic (exact) mass is 344 g/mol. The van der Waals surface area contributed by atoms with Crippen molar-refractivity contribution in [3.63, 3.8) is 0 Å². The predicted molar refractivity (Wildman–Crippen MR) is 91.0 cm³/mol. The highest BCUT2D eigenvalue weighted by Crippen LogP contribution is 2.20. The molecule has 0 aliphatic rings. The highest BCUT2D eigenvalue weighted by Gasteiger charge is 2.03. The minimum atomic E-state index is 0.498. The van der Waals surface area contributed by atoms with Crippen molar-refractivity contribution < 1.29 is 0 Å². The van der Waals surface area contributed by atoms with Crippen molar-refractivity contribution >= 4 is 57.8 Å². The van der Waals surface area contributed by atoms with Gasteiger partial charge in [0.15, 0.2) is 5.11 Å². The van der Waals surface area contributed by atoms with Crippen LogP contribution in [0.4, 0.5) is 5.69 Å². The zero-order valence-electron chi connectivity index (χ0n) is 10.3. The summed E-state index contributed by atoms with van der Waals surface area (Å²) >= 11 is 23.1. The number of thiocarbonyl (C=S) groups is 1. The van der Waals surface area contributed by atoms with Crippen LogP contribution in [0.3, 0.4) is 0 Å². The summed E-state index contributed by atoms with van der Waals surface area (Å²) in [6.45, 7) is 0.516. The first-order chi connectivity index (χ1) is 9.54. The van der Waals surface area contributed by atoms with Crippen LogP contribution in [-0.4, -0.2) is 5.11 Å². The van der Waals surface area contributed by atoms with Gasteiger partial charge in [-0.15, -0.1) is 0 Å². The summed E-state index contributed by atoms with van der Waals surface area (Å²) in [7, 11) is 0. The number of hydrogen-bond donors (Lipinski definition) is 2. The highest BCUT2D eigenvalue weighted by atomic mass is 35.5. The molecule has 0 amide bonds. The van der Waals surface area contributed by atoms with E-state index in [0.29, 0.717) is 26.7 Å². The number of anilines is 1. The summed E-state index contributed by atoms with van der Waals surface area (Å²) < 4.78 is 0. The summed E-state index contributed by atoms with van der Waals surface area (Å²) in [6, 6.07) is 12.7. The Morgan fingerprint density at radius 3 is 2.45 bits per heavy atom. The normalized spacial score (nSPS) is 10.2. The van der Waals surface area contributed by atoms with Gasteiger partial charge in [-0.05, 0) is 48.1 Å². The molecule has 2 aromatic carbocycles. The molecule has 0 saturated carbocycles. The number of benzene rings is 2. The van der Waals surface area contributed by atoms with E-state index in [0.717, 1.165) is 11.3 Å². The van der Waals surface area contributed by atoms with Gasteiger partial charge >= 0.3 is 0 Å². The lowest BCUT2D eigenvalue weighted by Crippen LogP contribution is -2.27. The molecular weight excluding hydrogens is 335 g/mol. The molecule has 0 atom stereocenters. The molecule has 0 spiro atoms. The van der Waals surface area contributed by atoms with Gasteiger partial charge in [0.2, 0.25) is 0 Å². The molecule has 0 aromatic heterocycles. The molecular formula is C14H11Cl3N2S. The highest BCUT2D eigenvalue weighted by molar-refractivity contribution is 7.80. The lowest BCUT2D eigenvalue weighted by molar-refractivity contribution is 0.926. The van der Waals surface area contributed by atoms with Crippen LogP contribution in [0.15, 0.2) is 42.5 Å². The molecule has 0 bridgehead atoms. The van der Waals surface area contributed by atoms with Gasteiger partial charge in [-0.1, -0.05) is 46.9 Å². The van der Waals surface area contributed by atoms with Crippen LogP contribution in [-0.2, 0) is 6.54 Å². The first kappa shape index (κ1) is 15.4. The fraction of sp³-hybridized carbons (Fsp3) is 0.0714. The Labute approximate surface area is 138 Å². The van der Waals surface area contributed by atoms with E-state index in [1.807, 2.05) is 18.2 Å². The van der Waals surface area contributed by atoms with E-state index in [1.165, 1.54) is 0 Å². The zero-order chi connectivity index (χ0) is 14.5. The Balaban J connectivity index is 1.92. The second-order valence-electron chi connectivity index (χ2n) is 4.05. The second kappa shape index (κ2) is 7.14. The van der Waals surface area contributed by atoms with Gasteiger partial charge in [-0.2, -0.15) is 0 Å². The Kier molecular flexibility index (Phi) is 5.49. The van der Waals surface area contributed by atoms with Crippen molar-refractivity contribution in [2.24, 2.45) is 0 Å². The van der Waals surface area contributed by atoms with Gasteiger partial charge in [0.05, 0.1) is 0 Å². The third-order valence-corrected chi connectivity index (χ3v) is 3.61. The number of rotatable bonds is 3. The number of hydrogen-bond acceptors (Lipinski definition) is 1.